The van der Waals surface area contributed by atoms with Gasteiger partial charge in [0.2, 0.25) is 5.91 Å². The zero-order valence-electron chi connectivity index (χ0n) is 12.5. The molecule has 2 saturated heterocycles. The molecule has 0 atom stereocenters. The monoisotopic (exact) mass is 267 g/mol. The van der Waals surface area contributed by atoms with Gasteiger partial charge in [-0.15, -0.1) is 0 Å². The lowest BCUT2D eigenvalue weighted by molar-refractivity contribution is -0.126. The number of piperidine rings is 1. The third-order valence-corrected chi connectivity index (χ3v) is 4.45. The van der Waals surface area contributed by atoms with Crippen molar-refractivity contribution in [2.75, 3.05) is 39.3 Å². The first-order valence-electron chi connectivity index (χ1n) is 7.86. The first kappa shape index (κ1) is 14.8. The lowest BCUT2D eigenvalue weighted by Crippen LogP contribution is -2.51. The van der Waals surface area contributed by atoms with Gasteiger partial charge >= 0.3 is 0 Å². The molecule has 0 saturated carbocycles. The van der Waals surface area contributed by atoms with E-state index in [2.05, 4.69) is 29.4 Å². The highest BCUT2D eigenvalue weighted by Crippen LogP contribution is 2.17. The van der Waals surface area contributed by atoms with Gasteiger partial charge in [-0.1, -0.05) is 13.8 Å². The van der Waals surface area contributed by atoms with Crippen LogP contribution in [0.1, 0.15) is 33.1 Å². The van der Waals surface area contributed by atoms with Crippen LogP contribution in [-0.4, -0.2) is 50.1 Å². The molecule has 2 heterocycles. The first-order chi connectivity index (χ1) is 9.15. The highest BCUT2D eigenvalue weighted by Gasteiger charge is 2.26. The maximum Gasteiger partial charge on any atom is 0.225 e. The fourth-order valence-corrected chi connectivity index (χ4v) is 2.72. The predicted octanol–water partition coefficient (Wildman–Crippen LogP) is 1.08. The molecule has 0 aromatic heterocycles. The molecular formula is C15H29N3O. The molecule has 2 aliphatic rings. The van der Waals surface area contributed by atoms with Crippen molar-refractivity contribution in [2.24, 2.45) is 17.8 Å². The van der Waals surface area contributed by atoms with E-state index in [0.29, 0.717) is 5.92 Å². The minimum atomic E-state index is 0.228. The van der Waals surface area contributed by atoms with Gasteiger partial charge in [-0.05, 0) is 50.7 Å². The summed E-state index contributed by atoms with van der Waals surface area (Å²) in [7, 11) is 0. The molecule has 0 aliphatic carbocycles. The molecule has 0 aromatic carbocycles. The first-order valence-corrected chi connectivity index (χ1v) is 7.86. The lowest BCUT2D eigenvalue weighted by Gasteiger charge is -2.33. The van der Waals surface area contributed by atoms with Crippen molar-refractivity contribution in [3.05, 3.63) is 0 Å². The summed E-state index contributed by atoms with van der Waals surface area (Å²) in [5, 5.41) is 6.26. The van der Waals surface area contributed by atoms with Crippen molar-refractivity contribution in [2.45, 2.75) is 33.1 Å². The second-order valence-corrected chi connectivity index (χ2v) is 6.57. The third-order valence-electron chi connectivity index (χ3n) is 4.45. The molecule has 19 heavy (non-hydrogen) atoms. The van der Waals surface area contributed by atoms with Gasteiger partial charge in [-0.3, -0.25) is 4.79 Å². The molecule has 1 amide bonds. The van der Waals surface area contributed by atoms with Crippen LogP contribution < -0.4 is 10.6 Å². The Morgan fingerprint density at radius 2 is 2.00 bits per heavy atom. The van der Waals surface area contributed by atoms with Crippen LogP contribution in [0.25, 0.3) is 0 Å². The van der Waals surface area contributed by atoms with E-state index < -0.39 is 0 Å². The zero-order chi connectivity index (χ0) is 13.7. The highest BCUT2D eigenvalue weighted by atomic mass is 16.2. The Morgan fingerprint density at radius 1 is 1.32 bits per heavy atom. The molecule has 2 rings (SSSR count). The summed E-state index contributed by atoms with van der Waals surface area (Å²) in [5.41, 5.74) is 0. The van der Waals surface area contributed by atoms with Gasteiger partial charge in [0.1, 0.15) is 0 Å². The van der Waals surface area contributed by atoms with Crippen molar-refractivity contribution >= 4 is 5.91 Å². The highest BCUT2D eigenvalue weighted by molar-refractivity contribution is 5.79. The number of nitrogens with zero attached hydrogens (tertiary/aromatic N) is 1. The molecule has 2 N–H and O–H groups in total. The molecule has 0 spiro atoms. The summed E-state index contributed by atoms with van der Waals surface area (Å²) in [6, 6.07) is 0. The molecule has 2 aliphatic heterocycles. The van der Waals surface area contributed by atoms with Crippen LogP contribution >= 0.6 is 0 Å². The number of rotatable bonds is 6. The second-order valence-electron chi connectivity index (χ2n) is 6.57. The Kier molecular flexibility index (Phi) is 5.64. The summed E-state index contributed by atoms with van der Waals surface area (Å²) in [5.74, 6) is 1.97. The van der Waals surface area contributed by atoms with Gasteiger partial charge in [0.15, 0.2) is 0 Å². The molecular weight excluding hydrogens is 238 g/mol. The molecule has 4 heteroatoms. The van der Waals surface area contributed by atoms with E-state index in [1.54, 1.807) is 0 Å². The topological polar surface area (TPSA) is 44.4 Å². The van der Waals surface area contributed by atoms with E-state index >= 15 is 0 Å². The van der Waals surface area contributed by atoms with Crippen LogP contribution in [0.15, 0.2) is 0 Å². The average Bonchev–Trinajstić information content (AvgIpc) is 2.33. The maximum absolute atomic E-state index is 11.7. The van der Waals surface area contributed by atoms with E-state index in [-0.39, 0.29) is 11.8 Å². The van der Waals surface area contributed by atoms with Crippen LogP contribution in [0.2, 0.25) is 0 Å². The molecule has 0 aromatic rings. The minimum absolute atomic E-state index is 0.228. The summed E-state index contributed by atoms with van der Waals surface area (Å²) >= 11 is 0. The van der Waals surface area contributed by atoms with Gasteiger partial charge < -0.3 is 15.5 Å². The van der Waals surface area contributed by atoms with Gasteiger partial charge in [-0.25, -0.2) is 0 Å². The number of nitrogens with one attached hydrogen (secondary N) is 2. The van der Waals surface area contributed by atoms with Crippen molar-refractivity contribution in [3.63, 3.8) is 0 Å². The molecule has 0 radical (unpaired) electrons. The largest absolute Gasteiger partial charge is 0.356 e. The quantitative estimate of drug-likeness (QED) is 0.757. The van der Waals surface area contributed by atoms with E-state index in [1.807, 2.05) is 0 Å². The number of hydrogen-bond donors (Lipinski definition) is 2. The Morgan fingerprint density at radius 3 is 2.53 bits per heavy atom. The fraction of sp³-hybridized carbons (Fsp3) is 0.933. The minimum Gasteiger partial charge on any atom is -0.356 e. The van der Waals surface area contributed by atoms with Crippen LogP contribution in [0.4, 0.5) is 0 Å². The summed E-state index contributed by atoms with van der Waals surface area (Å²) < 4.78 is 0. The van der Waals surface area contributed by atoms with Gasteiger partial charge in [0.25, 0.3) is 0 Å². The Bertz CT molecular complexity index is 281. The molecule has 110 valence electrons. The number of carbonyl (C=O) groups is 1. The van der Waals surface area contributed by atoms with Gasteiger partial charge in [0.05, 0.1) is 5.92 Å². The van der Waals surface area contributed by atoms with E-state index in [4.69, 9.17) is 0 Å². The molecule has 4 nitrogen and oxygen atoms in total. The van der Waals surface area contributed by atoms with Crippen LogP contribution in [0, 0.1) is 17.8 Å². The van der Waals surface area contributed by atoms with E-state index in [0.717, 1.165) is 25.6 Å². The van der Waals surface area contributed by atoms with Gasteiger partial charge in [-0.2, -0.15) is 0 Å². The SMILES string of the molecule is CC(C)CCN1CCC(CNC(=O)C2CNC2)CC1. The smallest absolute Gasteiger partial charge is 0.225 e. The summed E-state index contributed by atoms with van der Waals surface area (Å²) in [4.78, 5) is 14.3. The maximum atomic E-state index is 11.7. The Hall–Kier alpha value is -0.610. The van der Waals surface area contributed by atoms with Crippen molar-refractivity contribution < 1.29 is 4.79 Å². The fourth-order valence-electron chi connectivity index (χ4n) is 2.72. The van der Waals surface area contributed by atoms with Crippen molar-refractivity contribution in [3.8, 4) is 0 Å². The van der Waals surface area contributed by atoms with E-state index in [9.17, 15) is 4.79 Å². The number of carbonyl (C=O) groups excluding carboxylic acids is 1. The summed E-state index contributed by atoms with van der Waals surface area (Å²) in [6.45, 7) is 10.8. The lowest BCUT2D eigenvalue weighted by atomic mass is 9.95. The third kappa shape index (κ3) is 4.77. The molecule has 0 unspecified atom stereocenters. The second kappa shape index (κ2) is 7.25. The molecule has 0 bridgehead atoms. The normalized spacial score (nSPS) is 22.5. The molecule has 2 fully saturated rings. The standard InChI is InChI=1S/C15H29N3O/c1-12(2)3-6-18-7-4-13(5-8-18)9-17-15(19)14-10-16-11-14/h12-14,16H,3-11H2,1-2H3,(H,17,19). The van der Waals surface area contributed by atoms with E-state index in [1.165, 1.54) is 38.9 Å². The summed E-state index contributed by atoms with van der Waals surface area (Å²) in [6.07, 6.45) is 3.78. The van der Waals surface area contributed by atoms with Crippen LogP contribution in [0.3, 0.4) is 0 Å². The van der Waals surface area contributed by atoms with Crippen molar-refractivity contribution in [1.82, 2.24) is 15.5 Å². The van der Waals surface area contributed by atoms with Crippen LogP contribution in [0.5, 0.6) is 0 Å². The Balaban J connectivity index is 1.56. The Labute approximate surface area is 117 Å². The number of amides is 1. The number of likely N-dealkylation sites (tertiary alicyclic amines) is 1. The van der Waals surface area contributed by atoms with Crippen molar-refractivity contribution in [1.29, 1.82) is 0 Å². The van der Waals surface area contributed by atoms with Gasteiger partial charge in [0, 0.05) is 19.6 Å². The predicted molar refractivity (Wildman–Crippen MR) is 78.0 cm³/mol. The average molecular weight is 267 g/mol. The number of hydrogen-bond acceptors (Lipinski definition) is 3. The van der Waals surface area contributed by atoms with Crippen LogP contribution in [-0.2, 0) is 4.79 Å². The zero-order valence-corrected chi connectivity index (χ0v) is 12.5.